The van der Waals surface area contributed by atoms with E-state index in [9.17, 15) is 14.9 Å². The number of nitrogens with zero attached hydrogens (tertiary/aromatic N) is 4. The zero-order valence-electron chi connectivity index (χ0n) is 17.2. The zero-order chi connectivity index (χ0) is 22.3. The minimum Gasteiger partial charge on any atom is -0.441 e. The highest BCUT2D eigenvalue weighted by molar-refractivity contribution is 5.78. The number of cyclic esters (lactones) is 1. The molecule has 1 atom stereocenters. The first-order valence-corrected chi connectivity index (χ1v) is 10.1. The molecule has 3 aromatic rings. The van der Waals surface area contributed by atoms with Crippen molar-refractivity contribution in [3.05, 3.63) is 99.8 Å². The fourth-order valence-corrected chi connectivity index (χ4v) is 3.49. The molecule has 1 aromatic heterocycles. The van der Waals surface area contributed by atoms with Crippen molar-refractivity contribution in [1.82, 2.24) is 9.91 Å². The summed E-state index contributed by atoms with van der Waals surface area (Å²) in [6.07, 6.45) is 0.340. The molecule has 0 N–H and O–H groups in total. The lowest BCUT2D eigenvalue weighted by atomic mass is 10.1. The van der Waals surface area contributed by atoms with Crippen molar-refractivity contribution in [2.75, 3.05) is 13.1 Å². The third-order valence-corrected chi connectivity index (χ3v) is 4.93. The van der Waals surface area contributed by atoms with Crippen LogP contribution < -0.4 is 0 Å². The van der Waals surface area contributed by atoms with Crippen molar-refractivity contribution in [3.63, 3.8) is 0 Å². The molecule has 2 heterocycles. The lowest BCUT2D eigenvalue weighted by Crippen LogP contribution is -2.33. The molecule has 2 aromatic carbocycles. The minimum absolute atomic E-state index is 0.183. The van der Waals surface area contributed by atoms with Crippen LogP contribution >= 0.6 is 0 Å². The number of benzene rings is 2. The number of carbonyl (C=O) groups excluding carboxylic acids is 1. The average Bonchev–Trinajstić information content (AvgIpc) is 3.40. The number of carbonyl (C=O) groups is 1. The number of furan rings is 1. The van der Waals surface area contributed by atoms with Crippen molar-refractivity contribution in [1.29, 1.82) is 0 Å². The Morgan fingerprint density at radius 1 is 1.03 bits per heavy atom. The fourth-order valence-electron chi connectivity index (χ4n) is 3.49. The molecule has 1 amide bonds. The van der Waals surface area contributed by atoms with E-state index in [1.54, 1.807) is 0 Å². The summed E-state index contributed by atoms with van der Waals surface area (Å²) in [5.74, 6) is -0.200. The highest BCUT2D eigenvalue weighted by Crippen LogP contribution is 2.18. The van der Waals surface area contributed by atoms with E-state index in [0.717, 1.165) is 0 Å². The number of hydrogen-bond acceptors (Lipinski definition) is 7. The van der Waals surface area contributed by atoms with Crippen LogP contribution in [0.15, 0.2) is 82.3 Å². The Morgan fingerprint density at radius 2 is 1.66 bits per heavy atom. The first-order valence-electron chi connectivity index (χ1n) is 10.1. The maximum absolute atomic E-state index is 12.3. The number of hydrogen-bond donors (Lipinski definition) is 0. The Balaban J connectivity index is 1.40. The standard InChI is InChI=1S/C23H22N4O5/c28-23-26(24-13-20-11-12-22(31-20)27(29)30)17-21(32-23)16-25(14-18-7-3-1-4-8-18)15-19-9-5-2-6-10-19/h1-13,21H,14-17H2/b24-13+/t21-/m1/s1. The number of amides is 1. The van der Waals surface area contributed by atoms with E-state index in [1.807, 2.05) is 36.4 Å². The monoisotopic (exact) mass is 434 g/mol. The van der Waals surface area contributed by atoms with Gasteiger partial charge in [0, 0.05) is 19.6 Å². The number of hydrazone groups is 1. The summed E-state index contributed by atoms with van der Waals surface area (Å²) < 4.78 is 10.5. The van der Waals surface area contributed by atoms with E-state index in [-0.39, 0.29) is 24.3 Å². The smallest absolute Gasteiger partial charge is 0.433 e. The largest absolute Gasteiger partial charge is 0.441 e. The van der Waals surface area contributed by atoms with E-state index >= 15 is 0 Å². The van der Waals surface area contributed by atoms with Gasteiger partial charge in [0.2, 0.25) is 0 Å². The number of nitro groups is 1. The minimum atomic E-state index is -0.633. The quantitative estimate of drug-likeness (QED) is 0.286. The molecule has 9 heteroatoms. The Labute approximate surface area is 184 Å². The molecule has 164 valence electrons. The summed E-state index contributed by atoms with van der Waals surface area (Å²) >= 11 is 0. The van der Waals surface area contributed by atoms with Gasteiger partial charge < -0.3 is 9.15 Å². The molecule has 0 aliphatic carbocycles. The number of rotatable bonds is 9. The molecule has 1 saturated heterocycles. The molecule has 0 saturated carbocycles. The van der Waals surface area contributed by atoms with Crippen molar-refractivity contribution in [2.45, 2.75) is 19.2 Å². The molecule has 9 nitrogen and oxygen atoms in total. The van der Waals surface area contributed by atoms with Gasteiger partial charge in [0.25, 0.3) is 0 Å². The van der Waals surface area contributed by atoms with Crippen LogP contribution in [0.5, 0.6) is 0 Å². The van der Waals surface area contributed by atoms with Crippen molar-refractivity contribution >= 4 is 18.2 Å². The molecule has 0 unspecified atom stereocenters. The Bertz CT molecular complexity index is 1040. The summed E-state index contributed by atoms with van der Waals surface area (Å²) in [7, 11) is 0. The highest BCUT2D eigenvalue weighted by Gasteiger charge is 2.32. The summed E-state index contributed by atoms with van der Waals surface area (Å²) in [6.45, 7) is 2.23. The van der Waals surface area contributed by atoms with Crippen LogP contribution in [0.1, 0.15) is 16.9 Å². The van der Waals surface area contributed by atoms with Crippen LogP contribution in [0.4, 0.5) is 10.7 Å². The zero-order valence-corrected chi connectivity index (χ0v) is 17.2. The Hall–Kier alpha value is -3.98. The van der Waals surface area contributed by atoms with E-state index in [0.29, 0.717) is 19.6 Å². The van der Waals surface area contributed by atoms with Gasteiger partial charge in [0.05, 0.1) is 18.8 Å². The van der Waals surface area contributed by atoms with Crippen LogP contribution in [0.3, 0.4) is 0 Å². The lowest BCUT2D eigenvalue weighted by Gasteiger charge is -2.24. The van der Waals surface area contributed by atoms with Crippen LogP contribution in [0.2, 0.25) is 0 Å². The number of ether oxygens (including phenoxy) is 1. The average molecular weight is 434 g/mol. The van der Waals surface area contributed by atoms with Crippen LogP contribution in [0, 0.1) is 10.1 Å². The van der Waals surface area contributed by atoms with Gasteiger partial charge in [0.1, 0.15) is 11.0 Å². The molecular weight excluding hydrogens is 412 g/mol. The van der Waals surface area contributed by atoms with E-state index in [2.05, 4.69) is 34.3 Å². The van der Waals surface area contributed by atoms with Gasteiger partial charge in [-0.25, -0.2) is 4.79 Å². The third-order valence-electron chi connectivity index (χ3n) is 4.93. The fraction of sp³-hybridized carbons (Fsp3) is 0.217. The van der Waals surface area contributed by atoms with Crippen LogP contribution in [-0.4, -0.2) is 46.3 Å². The van der Waals surface area contributed by atoms with E-state index < -0.39 is 11.0 Å². The summed E-state index contributed by atoms with van der Waals surface area (Å²) in [4.78, 5) is 24.6. The molecule has 0 spiro atoms. The second kappa shape index (κ2) is 9.88. The van der Waals surface area contributed by atoms with Gasteiger partial charge in [-0.3, -0.25) is 15.0 Å². The topological polar surface area (TPSA) is 101 Å². The van der Waals surface area contributed by atoms with Gasteiger partial charge in [-0.2, -0.15) is 10.1 Å². The SMILES string of the molecule is O=C1O[C@H](CN(Cc2ccccc2)Cc2ccccc2)CN1/N=C/c1ccc([N+](=O)[O-])o1. The van der Waals surface area contributed by atoms with Gasteiger partial charge in [-0.05, 0) is 17.2 Å². The van der Waals surface area contributed by atoms with Crippen molar-refractivity contribution < 1.29 is 18.9 Å². The molecule has 0 bridgehead atoms. The molecule has 4 rings (SSSR count). The van der Waals surface area contributed by atoms with Crippen LogP contribution in [0.25, 0.3) is 0 Å². The molecule has 1 aliphatic heterocycles. The normalized spacial score (nSPS) is 16.1. The second-order valence-corrected chi connectivity index (χ2v) is 7.41. The van der Waals surface area contributed by atoms with Gasteiger partial charge in [-0.1, -0.05) is 60.7 Å². The highest BCUT2D eigenvalue weighted by atomic mass is 16.6. The summed E-state index contributed by atoms with van der Waals surface area (Å²) in [5, 5.41) is 16.0. The van der Waals surface area contributed by atoms with E-state index in [4.69, 9.17) is 9.15 Å². The van der Waals surface area contributed by atoms with E-state index in [1.165, 1.54) is 34.5 Å². The third kappa shape index (κ3) is 5.58. The van der Waals surface area contributed by atoms with Gasteiger partial charge in [0.15, 0.2) is 5.76 Å². The van der Waals surface area contributed by atoms with Crippen molar-refractivity contribution in [3.8, 4) is 0 Å². The molecular formula is C23H22N4O5. The predicted octanol–water partition coefficient (Wildman–Crippen LogP) is 4.04. The first kappa shape index (κ1) is 21.3. The second-order valence-electron chi connectivity index (χ2n) is 7.41. The molecule has 32 heavy (non-hydrogen) atoms. The Kier molecular flexibility index (Phi) is 6.57. The molecule has 1 aliphatic rings. The molecule has 0 radical (unpaired) electrons. The Morgan fingerprint density at radius 3 is 2.22 bits per heavy atom. The van der Waals surface area contributed by atoms with Crippen molar-refractivity contribution in [2.24, 2.45) is 5.10 Å². The first-order chi connectivity index (χ1) is 15.6. The lowest BCUT2D eigenvalue weighted by molar-refractivity contribution is -0.402. The van der Waals surface area contributed by atoms with Gasteiger partial charge in [-0.15, -0.1) is 0 Å². The van der Waals surface area contributed by atoms with Gasteiger partial charge >= 0.3 is 12.0 Å². The summed E-state index contributed by atoms with van der Waals surface area (Å²) in [6, 6.07) is 22.9. The van der Waals surface area contributed by atoms with Crippen LogP contribution in [-0.2, 0) is 17.8 Å². The summed E-state index contributed by atoms with van der Waals surface area (Å²) in [5.41, 5.74) is 2.34. The predicted molar refractivity (Wildman–Crippen MR) is 117 cm³/mol. The maximum Gasteiger partial charge on any atom is 0.433 e. The maximum atomic E-state index is 12.3. The molecule has 1 fully saturated rings.